The summed E-state index contributed by atoms with van der Waals surface area (Å²) in [5, 5.41) is 7.58. The summed E-state index contributed by atoms with van der Waals surface area (Å²) in [5.41, 5.74) is 5.76. The molecular weight excluding hydrogens is 448 g/mol. The van der Waals surface area contributed by atoms with Crippen molar-refractivity contribution >= 4 is 22.4 Å². The van der Waals surface area contributed by atoms with E-state index in [1.165, 1.54) is 11.1 Å². The second kappa shape index (κ2) is 8.03. The Morgan fingerprint density at radius 2 is 1.89 bits per heavy atom. The summed E-state index contributed by atoms with van der Waals surface area (Å²) >= 11 is 0. The average Bonchev–Trinajstić information content (AvgIpc) is 3.53. The van der Waals surface area contributed by atoms with Crippen LogP contribution in [0, 0.1) is 0 Å². The molecule has 2 N–H and O–H groups in total. The number of nitrogens with zero attached hydrogens (tertiary/aromatic N) is 4. The molecule has 36 heavy (non-hydrogen) atoms. The fourth-order valence-corrected chi connectivity index (χ4v) is 5.43. The number of aromatic nitrogens is 4. The van der Waals surface area contributed by atoms with E-state index in [-0.39, 0.29) is 22.4 Å². The molecule has 0 amide bonds. The molecule has 0 spiro atoms. The Labute approximate surface area is 211 Å². The molecule has 1 fully saturated rings. The van der Waals surface area contributed by atoms with Crippen molar-refractivity contribution in [2.24, 2.45) is 0 Å². The van der Waals surface area contributed by atoms with Gasteiger partial charge < -0.3 is 10.6 Å². The number of anilines is 2. The Morgan fingerprint density at radius 3 is 2.64 bits per heavy atom. The SMILES string of the molecule is CC(C)n1c(=O)c2cnc(Nc3ccc4c(c3)CNCC4(C)C)cc2n1-c1cccc(C2(C)CC2)n1. The molecule has 0 unspecified atom stereocenters. The van der Waals surface area contributed by atoms with E-state index < -0.39 is 0 Å². The number of rotatable bonds is 5. The summed E-state index contributed by atoms with van der Waals surface area (Å²) in [6.07, 6.45) is 3.99. The molecule has 2 aliphatic rings. The molecule has 1 aliphatic heterocycles. The van der Waals surface area contributed by atoms with Gasteiger partial charge >= 0.3 is 0 Å². The molecule has 7 nitrogen and oxygen atoms in total. The van der Waals surface area contributed by atoms with E-state index in [0.29, 0.717) is 11.2 Å². The highest BCUT2D eigenvalue weighted by atomic mass is 16.1. The molecule has 0 bridgehead atoms. The first-order valence-corrected chi connectivity index (χ1v) is 12.9. The number of hydrogen-bond acceptors (Lipinski definition) is 5. The summed E-state index contributed by atoms with van der Waals surface area (Å²) in [6.45, 7) is 12.7. The van der Waals surface area contributed by atoms with Crippen LogP contribution in [0.25, 0.3) is 16.7 Å². The van der Waals surface area contributed by atoms with E-state index in [1.807, 2.05) is 36.7 Å². The van der Waals surface area contributed by atoms with Gasteiger partial charge in [0, 0.05) is 53.6 Å². The fourth-order valence-electron chi connectivity index (χ4n) is 5.43. The molecule has 4 heterocycles. The lowest BCUT2D eigenvalue weighted by Crippen LogP contribution is -2.38. The van der Waals surface area contributed by atoms with Crippen LogP contribution in [-0.2, 0) is 17.4 Å². The number of pyridine rings is 2. The van der Waals surface area contributed by atoms with Crippen LogP contribution in [0.3, 0.4) is 0 Å². The topological polar surface area (TPSA) is 76.8 Å². The summed E-state index contributed by atoms with van der Waals surface area (Å²) in [5.74, 6) is 1.46. The van der Waals surface area contributed by atoms with Crippen LogP contribution in [0.15, 0.2) is 53.5 Å². The summed E-state index contributed by atoms with van der Waals surface area (Å²) in [7, 11) is 0. The molecule has 3 aromatic heterocycles. The first-order chi connectivity index (χ1) is 17.2. The Balaban J connectivity index is 1.44. The minimum atomic E-state index is -0.0500. The molecule has 1 aliphatic carbocycles. The Morgan fingerprint density at radius 1 is 1.08 bits per heavy atom. The van der Waals surface area contributed by atoms with Crippen molar-refractivity contribution < 1.29 is 0 Å². The molecule has 186 valence electrons. The highest BCUT2D eigenvalue weighted by molar-refractivity contribution is 5.82. The molecule has 4 aromatic rings. The van der Waals surface area contributed by atoms with E-state index in [0.717, 1.165) is 48.6 Å². The molecule has 1 aromatic carbocycles. The van der Waals surface area contributed by atoms with Gasteiger partial charge in [0.15, 0.2) is 5.82 Å². The summed E-state index contributed by atoms with van der Waals surface area (Å²) in [6, 6.07) is 14.6. The van der Waals surface area contributed by atoms with Crippen molar-refractivity contribution in [1.82, 2.24) is 24.6 Å². The van der Waals surface area contributed by atoms with E-state index in [9.17, 15) is 4.79 Å². The lowest BCUT2D eigenvalue weighted by Gasteiger charge is -2.33. The Kier molecular flexibility index (Phi) is 5.13. The van der Waals surface area contributed by atoms with Gasteiger partial charge in [0.25, 0.3) is 5.56 Å². The third-order valence-electron chi connectivity index (χ3n) is 7.81. The van der Waals surface area contributed by atoms with Crippen molar-refractivity contribution in [3.05, 3.63) is 75.8 Å². The predicted octanol–water partition coefficient (Wildman–Crippen LogP) is 5.34. The van der Waals surface area contributed by atoms with E-state index >= 15 is 0 Å². The Hall–Kier alpha value is -3.45. The van der Waals surface area contributed by atoms with Gasteiger partial charge in [0.2, 0.25) is 0 Å². The third kappa shape index (κ3) is 3.73. The van der Waals surface area contributed by atoms with Gasteiger partial charge in [-0.2, -0.15) is 0 Å². The number of hydrogen-bond donors (Lipinski definition) is 2. The minimum Gasteiger partial charge on any atom is -0.340 e. The van der Waals surface area contributed by atoms with Gasteiger partial charge in [-0.05, 0) is 62.1 Å². The largest absolute Gasteiger partial charge is 0.340 e. The lowest BCUT2D eigenvalue weighted by molar-refractivity contribution is 0.435. The van der Waals surface area contributed by atoms with Gasteiger partial charge in [-0.3, -0.25) is 4.79 Å². The average molecular weight is 483 g/mol. The zero-order chi connectivity index (χ0) is 25.2. The van der Waals surface area contributed by atoms with Gasteiger partial charge in [0.1, 0.15) is 5.82 Å². The second-order valence-corrected chi connectivity index (χ2v) is 11.6. The zero-order valence-electron chi connectivity index (χ0n) is 21.7. The second-order valence-electron chi connectivity index (χ2n) is 11.6. The predicted molar refractivity (Wildman–Crippen MR) is 145 cm³/mol. The van der Waals surface area contributed by atoms with Crippen LogP contribution in [0.4, 0.5) is 11.5 Å². The van der Waals surface area contributed by atoms with Crippen molar-refractivity contribution in [1.29, 1.82) is 0 Å². The monoisotopic (exact) mass is 482 g/mol. The zero-order valence-corrected chi connectivity index (χ0v) is 21.7. The van der Waals surface area contributed by atoms with Crippen LogP contribution < -0.4 is 16.2 Å². The lowest BCUT2D eigenvalue weighted by atomic mass is 9.79. The molecule has 6 rings (SSSR count). The molecular formula is C29H34N6O. The Bertz CT molecular complexity index is 1540. The van der Waals surface area contributed by atoms with Crippen LogP contribution >= 0.6 is 0 Å². The van der Waals surface area contributed by atoms with Crippen molar-refractivity contribution in [3.63, 3.8) is 0 Å². The molecule has 1 saturated carbocycles. The fraction of sp³-hybridized carbons (Fsp3) is 0.414. The third-order valence-corrected chi connectivity index (χ3v) is 7.81. The van der Waals surface area contributed by atoms with Gasteiger partial charge in [0.05, 0.1) is 10.9 Å². The number of nitrogens with one attached hydrogen (secondary N) is 2. The highest BCUT2D eigenvalue weighted by Gasteiger charge is 2.40. The van der Waals surface area contributed by atoms with Crippen molar-refractivity contribution in [3.8, 4) is 5.82 Å². The van der Waals surface area contributed by atoms with Crippen LogP contribution in [0.5, 0.6) is 0 Å². The normalized spacial score (nSPS) is 17.8. The number of fused-ring (bicyclic) bond motifs is 2. The highest BCUT2D eigenvalue weighted by Crippen LogP contribution is 2.46. The molecule has 7 heteroatoms. The maximum Gasteiger partial charge on any atom is 0.276 e. The van der Waals surface area contributed by atoms with Crippen molar-refractivity contribution in [2.75, 3.05) is 11.9 Å². The van der Waals surface area contributed by atoms with Crippen LogP contribution in [-0.4, -0.2) is 25.9 Å². The van der Waals surface area contributed by atoms with Gasteiger partial charge in [-0.15, -0.1) is 0 Å². The first kappa shape index (κ1) is 23.0. The van der Waals surface area contributed by atoms with Gasteiger partial charge in [-0.25, -0.2) is 19.3 Å². The molecule has 0 saturated heterocycles. The maximum atomic E-state index is 13.4. The standard InChI is InChI=1S/C29H34N6O/c1-18(2)34-27(36)21-16-31-25(32-20-9-10-22-19(13-20)15-30-17-28(22,3)4)14-23(21)35(34)26-8-6-7-24(33-26)29(5)11-12-29/h6-10,13-14,16,18,30H,11-12,15,17H2,1-5H3,(H,31,32). The first-order valence-electron chi connectivity index (χ1n) is 12.9. The maximum absolute atomic E-state index is 13.4. The summed E-state index contributed by atoms with van der Waals surface area (Å²) < 4.78 is 3.74. The van der Waals surface area contributed by atoms with Crippen LogP contribution in [0.2, 0.25) is 0 Å². The van der Waals surface area contributed by atoms with Gasteiger partial charge in [-0.1, -0.05) is 32.9 Å². The van der Waals surface area contributed by atoms with Crippen molar-refractivity contribution in [2.45, 2.75) is 70.9 Å². The quantitative estimate of drug-likeness (QED) is 0.402. The smallest absolute Gasteiger partial charge is 0.276 e. The van der Waals surface area contributed by atoms with E-state index in [1.54, 1.807) is 10.9 Å². The molecule has 0 atom stereocenters. The van der Waals surface area contributed by atoms with E-state index in [4.69, 9.17) is 4.98 Å². The number of benzene rings is 1. The van der Waals surface area contributed by atoms with Crippen LogP contribution in [0.1, 0.15) is 70.3 Å². The minimum absolute atomic E-state index is 0.0280. The summed E-state index contributed by atoms with van der Waals surface area (Å²) in [4.78, 5) is 23.0. The van der Waals surface area contributed by atoms with E-state index in [2.05, 4.69) is 60.7 Å². The molecule has 0 radical (unpaired) electrons.